The molecule has 1 unspecified atom stereocenters. The van der Waals surface area contributed by atoms with Crippen molar-refractivity contribution in [2.45, 2.75) is 23.8 Å². The number of hydrogen-bond acceptors (Lipinski definition) is 5. The lowest BCUT2D eigenvalue weighted by atomic mass is 10.2. The van der Waals surface area contributed by atoms with E-state index in [0.717, 1.165) is 16.8 Å². The molecule has 6 nitrogen and oxygen atoms in total. The molecule has 0 radical (unpaired) electrons. The van der Waals surface area contributed by atoms with Crippen molar-refractivity contribution in [2.24, 2.45) is 0 Å². The first kappa shape index (κ1) is 19.3. The van der Waals surface area contributed by atoms with Crippen molar-refractivity contribution in [1.82, 2.24) is 9.29 Å². The average molecular weight is 440 g/mol. The van der Waals surface area contributed by atoms with Crippen LogP contribution in [-0.4, -0.2) is 36.2 Å². The largest absolute Gasteiger partial charge is 0.301 e. The second-order valence-electron chi connectivity index (χ2n) is 6.35. The molecule has 1 amide bonds. The molecular formula is C18H15ClFN3O3S2. The van der Waals surface area contributed by atoms with Crippen LogP contribution in [0.2, 0.25) is 5.02 Å². The number of carbonyl (C=O) groups excluding carboxylic acids is 1. The number of rotatable bonds is 4. The number of amides is 1. The third-order valence-electron chi connectivity index (χ3n) is 4.51. The number of fused-ring (bicyclic) bond motifs is 1. The van der Waals surface area contributed by atoms with Crippen LogP contribution < -0.4 is 5.32 Å². The Morgan fingerprint density at radius 1 is 1.25 bits per heavy atom. The molecule has 28 heavy (non-hydrogen) atoms. The summed E-state index contributed by atoms with van der Waals surface area (Å²) < 4.78 is 40.9. The van der Waals surface area contributed by atoms with Crippen LogP contribution in [0, 0.1) is 5.82 Å². The van der Waals surface area contributed by atoms with Crippen molar-refractivity contribution in [3.8, 4) is 0 Å². The van der Waals surface area contributed by atoms with E-state index in [4.69, 9.17) is 11.6 Å². The first-order valence-corrected chi connectivity index (χ1v) is 11.1. The molecule has 2 heterocycles. The highest BCUT2D eigenvalue weighted by Crippen LogP contribution is 2.30. The zero-order valence-corrected chi connectivity index (χ0v) is 16.8. The third kappa shape index (κ3) is 3.62. The van der Waals surface area contributed by atoms with Crippen molar-refractivity contribution >= 4 is 54.2 Å². The summed E-state index contributed by atoms with van der Waals surface area (Å²) in [5.41, 5.74) is 0.701. The summed E-state index contributed by atoms with van der Waals surface area (Å²) in [4.78, 5) is 17.1. The molecule has 1 atom stereocenters. The predicted octanol–water partition coefficient (Wildman–Crippen LogP) is 3.88. The van der Waals surface area contributed by atoms with Gasteiger partial charge in [-0.25, -0.2) is 17.8 Å². The van der Waals surface area contributed by atoms with Crippen LogP contribution in [0.3, 0.4) is 0 Å². The number of thiazole rings is 1. The fourth-order valence-electron chi connectivity index (χ4n) is 3.17. The van der Waals surface area contributed by atoms with Crippen LogP contribution in [0.1, 0.15) is 12.8 Å². The number of carbonyl (C=O) groups is 1. The average Bonchev–Trinajstić information content (AvgIpc) is 3.28. The molecule has 1 N–H and O–H groups in total. The Balaban J connectivity index is 1.56. The standard InChI is InChI=1S/C18H15ClFN3O3S2/c19-11-3-8-14-16(10-11)27-18(21-14)22-17(24)15-2-1-9-23(15)28(25,26)13-6-4-12(20)5-7-13/h3-8,10,15H,1-2,9H2,(H,21,22,24). The van der Waals surface area contributed by atoms with Gasteiger partial charge in [0.05, 0.1) is 15.1 Å². The summed E-state index contributed by atoms with van der Waals surface area (Å²) >= 11 is 7.24. The molecule has 146 valence electrons. The van der Waals surface area contributed by atoms with Gasteiger partial charge < -0.3 is 5.32 Å². The number of hydrogen-bond donors (Lipinski definition) is 1. The number of aromatic nitrogens is 1. The van der Waals surface area contributed by atoms with E-state index in [1.165, 1.54) is 27.8 Å². The van der Waals surface area contributed by atoms with Crippen molar-refractivity contribution in [2.75, 3.05) is 11.9 Å². The Hall–Kier alpha value is -2.07. The van der Waals surface area contributed by atoms with Gasteiger partial charge in [0.25, 0.3) is 0 Å². The number of nitrogens with zero attached hydrogens (tertiary/aromatic N) is 2. The molecule has 10 heteroatoms. The van der Waals surface area contributed by atoms with Gasteiger partial charge in [-0.15, -0.1) is 0 Å². The van der Waals surface area contributed by atoms with E-state index in [1.807, 2.05) is 0 Å². The maximum Gasteiger partial charge on any atom is 0.244 e. The molecular weight excluding hydrogens is 425 g/mol. The summed E-state index contributed by atoms with van der Waals surface area (Å²) in [5.74, 6) is -0.959. The topological polar surface area (TPSA) is 79.4 Å². The van der Waals surface area contributed by atoms with Crippen molar-refractivity contribution < 1.29 is 17.6 Å². The minimum Gasteiger partial charge on any atom is -0.301 e. The van der Waals surface area contributed by atoms with Crippen molar-refractivity contribution in [1.29, 1.82) is 0 Å². The van der Waals surface area contributed by atoms with Gasteiger partial charge in [-0.1, -0.05) is 22.9 Å². The highest BCUT2D eigenvalue weighted by atomic mass is 35.5. The first-order valence-electron chi connectivity index (χ1n) is 8.49. The first-order chi connectivity index (χ1) is 13.3. The molecule has 0 bridgehead atoms. The van der Waals surface area contributed by atoms with Crippen molar-refractivity contribution in [3.63, 3.8) is 0 Å². The molecule has 0 saturated carbocycles. The maximum absolute atomic E-state index is 13.1. The summed E-state index contributed by atoms with van der Waals surface area (Å²) in [6.07, 6.45) is 0.969. The quantitative estimate of drug-likeness (QED) is 0.669. The predicted molar refractivity (Wildman–Crippen MR) is 107 cm³/mol. The van der Waals surface area contributed by atoms with Gasteiger partial charge in [0.15, 0.2) is 5.13 Å². The monoisotopic (exact) mass is 439 g/mol. The Bertz CT molecular complexity index is 1150. The number of nitrogens with one attached hydrogen (secondary N) is 1. The lowest BCUT2D eigenvalue weighted by Crippen LogP contribution is -2.43. The molecule has 1 saturated heterocycles. The number of sulfonamides is 1. The molecule has 1 aliphatic heterocycles. The fraction of sp³-hybridized carbons (Fsp3) is 0.222. The van der Waals surface area contributed by atoms with E-state index in [2.05, 4.69) is 10.3 Å². The van der Waals surface area contributed by atoms with E-state index in [-0.39, 0.29) is 11.4 Å². The highest BCUT2D eigenvalue weighted by molar-refractivity contribution is 7.89. The summed E-state index contributed by atoms with van der Waals surface area (Å²) in [6, 6.07) is 8.96. The SMILES string of the molecule is O=C(Nc1nc2ccc(Cl)cc2s1)C1CCCN1S(=O)(=O)c1ccc(F)cc1. The Morgan fingerprint density at radius 2 is 2.00 bits per heavy atom. The van der Waals surface area contributed by atoms with Crippen molar-refractivity contribution in [3.05, 3.63) is 53.3 Å². The van der Waals surface area contributed by atoms with E-state index in [9.17, 15) is 17.6 Å². The van der Waals surface area contributed by atoms with E-state index >= 15 is 0 Å². The van der Waals surface area contributed by atoms with Crippen LogP contribution in [0.5, 0.6) is 0 Å². The molecule has 1 fully saturated rings. The highest BCUT2D eigenvalue weighted by Gasteiger charge is 2.39. The molecule has 2 aromatic carbocycles. The van der Waals surface area contributed by atoms with Crippen LogP contribution in [0.25, 0.3) is 10.2 Å². The Morgan fingerprint density at radius 3 is 2.75 bits per heavy atom. The second kappa shape index (κ2) is 7.40. The normalized spacial score (nSPS) is 17.9. The summed E-state index contributed by atoms with van der Waals surface area (Å²) in [5, 5.41) is 3.67. The molecule has 0 aliphatic carbocycles. The number of benzene rings is 2. The Labute approximate surface area is 170 Å². The van der Waals surface area contributed by atoms with E-state index < -0.39 is 27.8 Å². The minimum atomic E-state index is -3.90. The Kier molecular flexibility index (Phi) is 5.09. The molecule has 1 aromatic heterocycles. The molecule has 3 aromatic rings. The van der Waals surface area contributed by atoms with Gasteiger partial charge in [-0.05, 0) is 55.3 Å². The molecule has 4 rings (SSSR count). The van der Waals surface area contributed by atoms with Gasteiger partial charge in [0.2, 0.25) is 15.9 Å². The zero-order chi connectivity index (χ0) is 19.9. The molecule has 0 spiro atoms. The second-order valence-corrected chi connectivity index (χ2v) is 9.71. The van der Waals surface area contributed by atoms with Gasteiger partial charge in [0, 0.05) is 11.6 Å². The molecule has 1 aliphatic rings. The lowest BCUT2D eigenvalue weighted by Gasteiger charge is -2.23. The van der Waals surface area contributed by atoms with Crippen LogP contribution in [0.4, 0.5) is 9.52 Å². The smallest absolute Gasteiger partial charge is 0.244 e. The maximum atomic E-state index is 13.1. The number of halogens is 2. The van der Waals surface area contributed by atoms with E-state index in [1.54, 1.807) is 18.2 Å². The zero-order valence-electron chi connectivity index (χ0n) is 14.4. The fourth-order valence-corrected chi connectivity index (χ4v) is 5.97. The van der Waals surface area contributed by atoms with Gasteiger partial charge >= 0.3 is 0 Å². The van der Waals surface area contributed by atoms with E-state index in [0.29, 0.717) is 28.5 Å². The van der Waals surface area contributed by atoms with Crippen LogP contribution >= 0.6 is 22.9 Å². The van der Waals surface area contributed by atoms with Gasteiger partial charge in [0.1, 0.15) is 11.9 Å². The minimum absolute atomic E-state index is 0.0387. The summed E-state index contributed by atoms with van der Waals surface area (Å²) in [6.45, 7) is 0.229. The van der Waals surface area contributed by atoms with Crippen LogP contribution in [-0.2, 0) is 14.8 Å². The third-order valence-corrected chi connectivity index (χ3v) is 7.60. The van der Waals surface area contributed by atoms with Gasteiger partial charge in [-0.3, -0.25) is 4.79 Å². The van der Waals surface area contributed by atoms with Gasteiger partial charge in [-0.2, -0.15) is 4.31 Å². The number of anilines is 1. The lowest BCUT2D eigenvalue weighted by molar-refractivity contribution is -0.119. The summed E-state index contributed by atoms with van der Waals surface area (Å²) in [7, 11) is -3.90. The van der Waals surface area contributed by atoms with Crippen LogP contribution in [0.15, 0.2) is 47.4 Å².